The van der Waals surface area contributed by atoms with Crippen molar-refractivity contribution in [2.75, 3.05) is 5.32 Å². The number of anilines is 1. The fourth-order valence-corrected chi connectivity index (χ4v) is 3.61. The summed E-state index contributed by atoms with van der Waals surface area (Å²) in [6, 6.07) is 3.79. The number of thiazole rings is 1. The van der Waals surface area contributed by atoms with Crippen LogP contribution in [0, 0.1) is 0 Å². The first-order valence-corrected chi connectivity index (χ1v) is 9.18. The van der Waals surface area contributed by atoms with E-state index in [4.69, 9.17) is 4.42 Å². The van der Waals surface area contributed by atoms with E-state index in [-0.39, 0.29) is 17.2 Å². The van der Waals surface area contributed by atoms with E-state index in [1.807, 2.05) is 42.9 Å². The minimum absolute atomic E-state index is 0.118. The zero-order valence-corrected chi connectivity index (χ0v) is 15.1. The Labute approximate surface area is 147 Å². The Morgan fingerprint density at radius 3 is 2.83 bits per heavy atom. The number of hydrogen-bond acceptors (Lipinski definition) is 7. The molecule has 1 amide bonds. The molecular weight excluding hydrogens is 346 g/mol. The Bertz CT molecular complexity index is 796. The molecule has 9 heteroatoms. The van der Waals surface area contributed by atoms with Crippen LogP contribution in [-0.2, 0) is 4.79 Å². The van der Waals surface area contributed by atoms with Crippen LogP contribution in [0.4, 0.5) is 5.13 Å². The topological polar surface area (TPSA) is 85.8 Å². The maximum atomic E-state index is 12.3. The third-order valence-corrected chi connectivity index (χ3v) is 4.98. The molecule has 0 aliphatic heterocycles. The number of furan rings is 1. The summed E-state index contributed by atoms with van der Waals surface area (Å²) < 4.78 is 7.40. The van der Waals surface area contributed by atoms with Gasteiger partial charge >= 0.3 is 0 Å². The van der Waals surface area contributed by atoms with Crippen LogP contribution in [0.15, 0.2) is 39.5 Å². The van der Waals surface area contributed by atoms with Crippen molar-refractivity contribution in [2.45, 2.75) is 37.2 Å². The fourth-order valence-electron chi connectivity index (χ4n) is 2.10. The van der Waals surface area contributed by atoms with Gasteiger partial charge < -0.3 is 9.73 Å². The van der Waals surface area contributed by atoms with Crippen molar-refractivity contribution in [3.63, 3.8) is 0 Å². The van der Waals surface area contributed by atoms with Gasteiger partial charge in [0.1, 0.15) is 0 Å². The van der Waals surface area contributed by atoms with Crippen molar-refractivity contribution in [1.82, 2.24) is 19.7 Å². The van der Waals surface area contributed by atoms with Crippen molar-refractivity contribution in [2.24, 2.45) is 0 Å². The van der Waals surface area contributed by atoms with Crippen molar-refractivity contribution in [1.29, 1.82) is 0 Å². The quantitative estimate of drug-likeness (QED) is 0.672. The van der Waals surface area contributed by atoms with E-state index in [0.29, 0.717) is 21.9 Å². The van der Waals surface area contributed by atoms with E-state index in [9.17, 15) is 4.79 Å². The van der Waals surface area contributed by atoms with Gasteiger partial charge in [0.05, 0.1) is 11.5 Å². The molecule has 0 bridgehead atoms. The lowest BCUT2D eigenvalue weighted by molar-refractivity contribution is -0.115. The van der Waals surface area contributed by atoms with Crippen LogP contribution in [0.25, 0.3) is 11.6 Å². The lowest BCUT2D eigenvalue weighted by atomic mass is 10.3. The normalized spacial score (nSPS) is 12.5. The molecular formula is C15H17N5O2S2. The molecule has 0 aliphatic rings. The molecule has 1 atom stereocenters. The third kappa shape index (κ3) is 3.51. The molecule has 1 N–H and O–H groups in total. The van der Waals surface area contributed by atoms with Crippen LogP contribution in [0.1, 0.15) is 26.8 Å². The Hall–Kier alpha value is -2.13. The summed E-state index contributed by atoms with van der Waals surface area (Å²) >= 11 is 2.75. The Kier molecular flexibility index (Phi) is 5.00. The Morgan fingerprint density at radius 1 is 1.38 bits per heavy atom. The summed E-state index contributed by atoms with van der Waals surface area (Å²) in [5.41, 5.74) is 0. The Morgan fingerprint density at radius 2 is 2.21 bits per heavy atom. The maximum Gasteiger partial charge on any atom is 0.239 e. The molecule has 3 heterocycles. The predicted molar refractivity (Wildman–Crippen MR) is 94.2 cm³/mol. The molecule has 0 aliphatic carbocycles. The highest BCUT2D eigenvalue weighted by Crippen LogP contribution is 2.30. The number of aromatic nitrogens is 4. The zero-order valence-electron chi connectivity index (χ0n) is 13.5. The average molecular weight is 363 g/mol. The van der Waals surface area contributed by atoms with E-state index in [0.717, 1.165) is 0 Å². The van der Waals surface area contributed by atoms with Gasteiger partial charge in [0.2, 0.25) is 11.7 Å². The van der Waals surface area contributed by atoms with Crippen LogP contribution in [0.5, 0.6) is 0 Å². The molecule has 0 spiro atoms. The number of hydrogen-bond donors (Lipinski definition) is 1. The fraction of sp³-hybridized carbons (Fsp3) is 0.333. The first-order valence-electron chi connectivity index (χ1n) is 7.42. The molecule has 3 aromatic heterocycles. The highest BCUT2D eigenvalue weighted by Gasteiger charge is 2.23. The number of thioether (sulfide) groups is 1. The van der Waals surface area contributed by atoms with Gasteiger partial charge in [-0.15, -0.1) is 21.5 Å². The highest BCUT2D eigenvalue weighted by atomic mass is 32.2. The van der Waals surface area contributed by atoms with Crippen molar-refractivity contribution >= 4 is 34.1 Å². The molecule has 126 valence electrons. The Balaban J connectivity index is 1.78. The SMILES string of the molecule is CC(C)n1c(S[C@@H](C)C(=O)Nc2nccs2)nnc1-c1ccco1. The van der Waals surface area contributed by atoms with Gasteiger partial charge in [-0.05, 0) is 32.9 Å². The molecule has 0 saturated heterocycles. The second kappa shape index (κ2) is 7.18. The number of nitrogens with zero attached hydrogens (tertiary/aromatic N) is 4. The van der Waals surface area contributed by atoms with Crippen molar-refractivity contribution in [3.8, 4) is 11.6 Å². The lowest BCUT2D eigenvalue weighted by Gasteiger charge is -2.15. The van der Waals surface area contributed by atoms with Crippen molar-refractivity contribution < 1.29 is 9.21 Å². The standard InChI is InChI=1S/C15H17N5O2S2/c1-9(2)20-12(11-5-4-7-22-11)18-19-15(20)24-10(3)13(21)17-14-16-6-8-23-14/h4-10H,1-3H3,(H,16,17,21)/t10-/m0/s1. The number of amides is 1. The van der Waals surface area contributed by atoms with Crippen LogP contribution >= 0.6 is 23.1 Å². The highest BCUT2D eigenvalue weighted by molar-refractivity contribution is 8.00. The molecule has 3 rings (SSSR count). The minimum atomic E-state index is -0.333. The van der Waals surface area contributed by atoms with Gasteiger partial charge in [-0.1, -0.05) is 11.8 Å². The zero-order chi connectivity index (χ0) is 17.1. The first kappa shape index (κ1) is 16.7. The maximum absolute atomic E-state index is 12.3. The predicted octanol–water partition coefficient (Wildman–Crippen LogP) is 3.69. The average Bonchev–Trinajstić information content (AvgIpc) is 3.28. The lowest BCUT2D eigenvalue weighted by Crippen LogP contribution is -2.23. The summed E-state index contributed by atoms with van der Waals surface area (Å²) in [5.74, 6) is 1.20. The van der Waals surface area contributed by atoms with E-state index in [1.165, 1.54) is 23.1 Å². The van der Waals surface area contributed by atoms with Gasteiger partial charge in [-0.25, -0.2) is 4.98 Å². The number of rotatable bonds is 6. The molecule has 0 unspecified atom stereocenters. The van der Waals surface area contributed by atoms with Gasteiger partial charge in [-0.3, -0.25) is 9.36 Å². The molecule has 0 radical (unpaired) electrons. The van der Waals surface area contributed by atoms with E-state index in [1.54, 1.807) is 12.5 Å². The molecule has 7 nitrogen and oxygen atoms in total. The summed E-state index contributed by atoms with van der Waals surface area (Å²) in [7, 11) is 0. The first-order chi connectivity index (χ1) is 11.6. The number of nitrogens with one attached hydrogen (secondary N) is 1. The van der Waals surface area contributed by atoms with E-state index >= 15 is 0 Å². The minimum Gasteiger partial charge on any atom is -0.461 e. The van der Waals surface area contributed by atoms with Crippen LogP contribution in [-0.4, -0.2) is 30.9 Å². The summed E-state index contributed by atoms with van der Waals surface area (Å²) in [4.78, 5) is 16.4. The smallest absolute Gasteiger partial charge is 0.239 e. The van der Waals surface area contributed by atoms with E-state index < -0.39 is 0 Å². The molecule has 3 aromatic rings. The van der Waals surface area contributed by atoms with Gasteiger partial charge in [0, 0.05) is 17.6 Å². The van der Waals surface area contributed by atoms with Crippen LogP contribution < -0.4 is 5.32 Å². The largest absolute Gasteiger partial charge is 0.461 e. The van der Waals surface area contributed by atoms with Gasteiger partial charge in [0.25, 0.3) is 0 Å². The molecule has 0 saturated carbocycles. The van der Waals surface area contributed by atoms with Crippen LogP contribution in [0.2, 0.25) is 0 Å². The number of carbonyl (C=O) groups is 1. The van der Waals surface area contributed by atoms with Crippen molar-refractivity contribution in [3.05, 3.63) is 30.0 Å². The monoisotopic (exact) mass is 363 g/mol. The third-order valence-electron chi connectivity index (χ3n) is 3.24. The second-order valence-corrected chi connectivity index (χ2v) is 7.54. The molecule has 0 aromatic carbocycles. The van der Waals surface area contributed by atoms with Crippen LogP contribution in [0.3, 0.4) is 0 Å². The summed E-state index contributed by atoms with van der Waals surface area (Å²) in [5, 5.41) is 14.0. The van der Waals surface area contributed by atoms with E-state index in [2.05, 4.69) is 20.5 Å². The molecule has 24 heavy (non-hydrogen) atoms. The summed E-state index contributed by atoms with van der Waals surface area (Å²) in [6.45, 7) is 5.92. The number of carbonyl (C=O) groups excluding carboxylic acids is 1. The van der Waals surface area contributed by atoms with Gasteiger partial charge in [-0.2, -0.15) is 0 Å². The second-order valence-electron chi connectivity index (χ2n) is 5.33. The molecule has 0 fully saturated rings. The van der Waals surface area contributed by atoms with Gasteiger partial charge in [0.15, 0.2) is 16.0 Å². The summed E-state index contributed by atoms with van der Waals surface area (Å²) in [6.07, 6.45) is 3.26.